The summed E-state index contributed by atoms with van der Waals surface area (Å²) < 4.78 is 9.37. The van der Waals surface area contributed by atoms with Crippen LogP contribution in [-0.2, 0) is 20.9 Å². The number of anilines is 2. The van der Waals surface area contributed by atoms with Gasteiger partial charge >= 0.3 is 6.03 Å². The number of aromatic nitrogens is 1. The van der Waals surface area contributed by atoms with Crippen molar-refractivity contribution in [3.8, 4) is 5.75 Å². The summed E-state index contributed by atoms with van der Waals surface area (Å²) in [7, 11) is 0. The molecule has 296 valence electrons. The molecule has 15 heteroatoms. The third-order valence-electron chi connectivity index (χ3n) is 9.87. The molecule has 0 saturated carbocycles. The van der Waals surface area contributed by atoms with E-state index in [1.54, 1.807) is 29.2 Å². The van der Waals surface area contributed by atoms with Crippen molar-refractivity contribution >= 4 is 97.7 Å². The number of para-hydroxylation sites is 2. The number of unbranched alkanes of at least 4 members (excludes halogenated alkanes) is 2. The van der Waals surface area contributed by atoms with Crippen molar-refractivity contribution in [3.63, 3.8) is 0 Å². The number of barbiturate groups is 1. The van der Waals surface area contributed by atoms with Gasteiger partial charge in [-0.1, -0.05) is 71.8 Å². The van der Waals surface area contributed by atoms with E-state index in [1.165, 1.54) is 6.08 Å². The Morgan fingerprint density at radius 2 is 1.60 bits per heavy atom. The maximum Gasteiger partial charge on any atom is 0.334 e. The zero-order valence-electron chi connectivity index (χ0n) is 31.9. The number of urea groups is 1. The number of ether oxygens (including phenoxy) is 1. The number of carbonyl (C=O) groups is 4. The molecular formula is C42H43Cl2N6O5S2+. The molecule has 0 bridgehead atoms. The molecule has 4 heterocycles. The van der Waals surface area contributed by atoms with Crippen molar-refractivity contribution in [2.24, 2.45) is 0 Å². The van der Waals surface area contributed by atoms with Crippen molar-refractivity contribution in [2.75, 3.05) is 42.5 Å². The van der Waals surface area contributed by atoms with Gasteiger partial charge in [0, 0.05) is 53.6 Å². The number of hydrogen-bond acceptors (Lipinski definition) is 9. The van der Waals surface area contributed by atoms with E-state index < -0.39 is 30.3 Å². The first-order valence-corrected chi connectivity index (χ1v) is 21.5. The Morgan fingerprint density at radius 1 is 0.842 bits per heavy atom. The fourth-order valence-corrected chi connectivity index (χ4v) is 9.66. The van der Waals surface area contributed by atoms with E-state index in [0.717, 1.165) is 65.7 Å². The molecule has 5 amide bonds. The standard InChI is InChI=1S/C42H42Cl2N6O5S2/c1-4-7-21-49-40(52)29(16-19-37-46(5-2)30-12-8-9-13-33(30)55-37)41(53)50(42(49)54)26-36(51)45-20-10-11-22-48-32-24-28(44)15-18-35(32)57-39(48)25-38-47(6-3)31-23-27(43)14-17-34(31)56-38/h8-9,12-19,23-25H,4-7,10-11,20-22,26H2,1-3H3/p+1/b29-16+,37-19+. The number of nitrogens with zero attached hydrogens (tertiary/aromatic N) is 5. The fourth-order valence-electron chi connectivity index (χ4n) is 7.00. The minimum absolute atomic E-state index is 0.131. The van der Waals surface area contributed by atoms with Crippen LogP contribution in [-0.4, -0.2) is 66.3 Å². The highest BCUT2D eigenvalue weighted by atomic mass is 35.5. The zero-order chi connectivity index (χ0) is 40.2. The second-order valence-corrected chi connectivity index (χ2v) is 16.6. The third kappa shape index (κ3) is 8.43. The van der Waals surface area contributed by atoms with Crippen LogP contribution in [0.15, 0.2) is 94.2 Å². The predicted molar refractivity (Wildman–Crippen MR) is 228 cm³/mol. The molecule has 57 heavy (non-hydrogen) atoms. The second-order valence-electron chi connectivity index (χ2n) is 13.6. The van der Waals surface area contributed by atoms with E-state index >= 15 is 0 Å². The molecule has 1 saturated heterocycles. The van der Waals surface area contributed by atoms with Gasteiger partial charge in [-0.15, -0.1) is 0 Å². The number of nitrogens with one attached hydrogen (secondary N) is 1. The fraction of sp³-hybridized carbons (Fsp3) is 0.310. The van der Waals surface area contributed by atoms with Crippen molar-refractivity contribution in [2.45, 2.75) is 57.9 Å². The molecule has 3 aliphatic rings. The van der Waals surface area contributed by atoms with Gasteiger partial charge in [0.05, 0.1) is 22.5 Å². The third-order valence-corrected chi connectivity index (χ3v) is 12.6. The number of imide groups is 2. The highest BCUT2D eigenvalue weighted by Gasteiger charge is 2.42. The molecule has 1 aromatic heterocycles. The SMILES string of the molecule is CCCCN1C(=O)/C(=C\C=C2\Oc3ccccc3N2CC)C(=O)N(CC(=O)NCCCC[n+]2c(C=C3Sc4ccc(Cl)cc4N3CC)sc3ccc(Cl)cc32)C1=O. The van der Waals surface area contributed by atoms with Crippen LogP contribution in [0.1, 0.15) is 51.5 Å². The number of hydrogen-bond donors (Lipinski definition) is 1. The van der Waals surface area contributed by atoms with Crippen molar-refractivity contribution in [1.29, 1.82) is 0 Å². The van der Waals surface area contributed by atoms with Gasteiger partial charge in [-0.25, -0.2) is 9.69 Å². The number of aryl methyl sites for hydroxylation is 1. The Labute approximate surface area is 350 Å². The molecule has 3 aromatic carbocycles. The average Bonchev–Trinajstić information content (AvgIpc) is 3.85. The van der Waals surface area contributed by atoms with Gasteiger partial charge in [-0.05, 0) is 81.3 Å². The predicted octanol–water partition coefficient (Wildman–Crippen LogP) is 8.60. The quantitative estimate of drug-likeness (QED) is 0.0583. The van der Waals surface area contributed by atoms with E-state index in [4.69, 9.17) is 27.9 Å². The molecule has 0 aliphatic carbocycles. The van der Waals surface area contributed by atoms with Gasteiger partial charge in [0.1, 0.15) is 16.8 Å². The number of fused-ring (bicyclic) bond motifs is 3. The van der Waals surface area contributed by atoms with Crippen LogP contribution in [0.5, 0.6) is 5.75 Å². The Bertz CT molecular complexity index is 2340. The molecule has 1 fully saturated rings. The summed E-state index contributed by atoms with van der Waals surface area (Å²) in [5, 5.41) is 6.42. The topological polar surface area (TPSA) is 106 Å². The Balaban J connectivity index is 1.01. The van der Waals surface area contributed by atoms with Crippen LogP contribution in [0, 0.1) is 0 Å². The van der Waals surface area contributed by atoms with Crippen LogP contribution < -0.4 is 24.4 Å². The molecule has 0 spiro atoms. The molecule has 4 aromatic rings. The van der Waals surface area contributed by atoms with Crippen LogP contribution >= 0.6 is 46.3 Å². The molecule has 0 radical (unpaired) electrons. The van der Waals surface area contributed by atoms with Gasteiger partial charge in [0.15, 0.2) is 12.3 Å². The van der Waals surface area contributed by atoms with Crippen LogP contribution in [0.25, 0.3) is 16.3 Å². The molecule has 7 rings (SSSR count). The van der Waals surface area contributed by atoms with Gasteiger partial charge in [-0.3, -0.25) is 19.3 Å². The minimum atomic E-state index is -0.822. The summed E-state index contributed by atoms with van der Waals surface area (Å²) in [6.07, 6.45) is 7.83. The summed E-state index contributed by atoms with van der Waals surface area (Å²) in [6.45, 7) is 8.06. The largest absolute Gasteiger partial charge is 0.439 e. The summed E-state index contributed by atoms with van der Waals surface area (Å²) in [5.41, 5.74) is 2.79. The number of thioether (sulfide) groups is 1. The number of carbonyl (C=O) groups excluding carboxylic acids is 4. The summed E-state index contributed by atoms with van der Waals surface area (Å²) in [5.74, 6) is -0.892. The van der Waals surface area contributed by atoms with Gasteiger partial charge in [-0.2, -0.15) is 4.57 Å². The Kier molecular flexibility index (Phi) is 12.6. The van der Waals surface area contributed by atoms with Gasteiger partial charge in [0.25, 0.3) is 16.8 Å². The molecule has 0 unspecified atom stereocenters. The smallest absolute Gasteiger partial charge is 0.334 e. The maximum absolute atomic E-state index is 13.7. The molecular weight excluding hydrogens is 804 g/mol. The van der Waals surface area contributed by atoms with E-state index in [-0.39, 0.29) is 12.1 Å². The van der Waals surface area contributed by atoms with E-state index in [0.29, 0.717) is 54.2 Å². The molecule has 0 atom stereocenters. The second kappa shape index (κ2) is 17.8. The van der Waals surface area contributed by atoms with Crippen molar-refractivity contribution in [1.82, 2.24) is 15.1 Å². The average molecular weight is 847 g/mol. The number of thiazole rings is 1. The monoisotopic (exact) mass is 845 g/mol. The van der Waals surface area contributed by atoms with Crippen LogP contribution in [0.4, 0.5) is 16.2 Å². The van der Waals surface area contributed by atoms with E-state index in [1.807, 2.05) is 73.3 Å². The summed E-state index contributed by atoms with van der Waals surface area (Å²) >= 11 is 16.2. The lowest BCUT2D eigenvalue weighted by atomic mass is 10.1. The Morgan fingerprint density at radius 3 is 2.39 bits per heavy atom. The lowest BCUT2D eigenvalue weighted by molar-refractivity contribution is -0.669. The molecule has 11 nitrogen and oxygen atoms in total. The first-order chi connectivity index (χ1) is 27.6. The van der Waals surface area contributed by atoms with E-state index in [9.17, 15) is 19.2 Å². The van der Waals surface area contributed by atoms with E-state index in [2.05, 4.69) is 33.8 Å². The minimum Gasteiger partial charge on any atom is -0.439 e. The first-order valence-electron chi connectivity index (χ1n) is 19.1. The Hall–Kier alpha value is -4.82. The lowest BCUT2D eigenvalue weighted by Crippen LogP contribution is -2.58. The van der Waals surface area contributed by atoms with Gasteiger partial charge < -0.3 is 19.9 Å². The normalized spacial score (nSPS) is 17.4. The van der Waals surface area contributed by atoms with Crippen LogP contribution in [0.2, 0.25) is 10.0 Å². The van der Waals surface area contributed by atoms with Gasteiger partial charge in [0.2, 0.25) is 17.3 Å². The number of allylic oxidation sites excluding steroid dienone is 2. The summed E-state index contributed by atoms with van der Waals surface area (Å²) in [4.78, 5) is 61.2. The van der Waals surface area contributed by atoms with Crippen molar-refractivity contribution < 1.29 is 28.5 Å². The maximum atomic E-state index is 13.7. The highest BCUT2D eigenvalue weighted by Crippen LogP contribution is 2.47. The lowest BCUT2D eigenvalue weighted by Gasteiger charge is -2.33. The number of amides is 5. The van der Waals surface area contributed by atoms with Crippen molar-refractivity contribution in [3.05, 3.63) is 104 Å². The number of halogens is 2. The summed E-state index contributed by atoms with van der Waals surface area (Å²) in [6, 6.07) is 18.6. The molecule has 3 aliphatic heterocycles. The molecule has 1 N–H and O–H groups in total. The highest BCUT2D eigenvalue weighted by molar-refractivity contribution is 8.03. The zero-order valence-corrected chi connectivity index (χ0v) is 35.1. The van der Waals surface area contributed by atoms with Crippen LogP contribution in [0.3, 0.4) is 0 Å². The number of rotatable bonds is 14. The first kappa shape index (κ1) is 40.4. The number of benzene rings is 3.